The highest BCUT2D eigenvalue weighted by Crippen LogP contribution is 2.39. The first kappa shape index (κ1) is 19.3. The second kappa shape index (κ2) is 8.14. The minimum atomic E-state index is -0.0196. The predicted octanol–water partition coefficient (Wildman–Crippen LogP) is 4.12. The standard InChI is InChI=1S/C20H24N4O2S2/c1-13(2)12-24-15-6-7-16-18(14(15)11-21-24)22-20(28-16)23(8-9-26-3)19(25)17-5-4-10-27-17/h4-5,10-11,13H,6-9,12H2,1-3H3. The molecule has 4 rings (SSSR count). The fourth-order valence-electron chi connectivity index (χ4n) is 3.44. The van der Waals surface area contributed by atoms with Crippen molar-refractivity contribution in [3.05, 3.63) is 39.2 Å². The van der Waals surface area contributed by atoms with E-state index in [-0.39, 0.29) is 5.91 Å². The van der Waals surface area contributed by atoms with E-state index in [0.717, 1.165) is 40.7 Å². The van der Waals surface area contributed by atoms with E-state index in [0.29, 0.717) is 19.1 Å². The summed E-state index contributed by atoms with van der Waals surface area (Å²) in [4.78, 5) is 21.6. The molecular weight excluding hydrogens is 392 g/mol. The number of ether oxygens (including phenoxy) is 1. The van der Waals surface area contributed by atoms with Crippen LogP contribution in [-0.4, -0.2) is 40.9 Å². The van der Waals surface area contributed by atoms with Gasteiger partial charge >= 0.3 is 0 Å². The van der Waals surface area contributed by atoms with Crippen molar-refractivity contribution in [2.45, 2.75) is 33.2 Å². The van der Waals surface area contributed by atoms with Gasteiger partial charge in [-0.1, -0.05) is 19.9 Å². The molecule has 0 aromatic carbocycles. The van der Waals surface area contributed by atoms with E-state index in [1.807, 2.05) is 23.7 Å². The largest absolute Gasteiger partial charge is 0.383 e. The Hall–Kier alpha value is -2.03. The average Bonchev–Trinajstić information content (AvgIpc) is 3.40. The molecule has 0 unspecified atom stereocenters. The number of carbonyl (C=O) groups is 1. The summed E-state index contributed by atoms with van der Waals surface area (Å²) in [7, 11) is 1.65. The first-order valence-corrected chi connectivity index (χ1v) is 11.2. The molecule has 3 aromatic rings. The molecule has 0 N–H and O–H groups in total. The summed E-state index contributed by atoms with van der Waals surface area (Å²) >= 11 is 3.06. The van der Waals surface area contributed by atoms with Gasteiger partial charge in [0.25, 0.3) is 5.91 Å². The Morgan fingerprint density at radius 1 is 1.39 bits per heavy atom. The fraction of sp³-hybridized carbons (Fsp3) is 0.450. The van der Waals surface area contributed by atoms with E-state index < -0.39 is 0 Å². The maximum Gasteiger partial charge on any atom is 0.270 e. The molecule has 0 aliphatic heterocycles. The van der Waals surface area contributed by atoms with Crippen LogP contribution in [-0.2, 0) is 24.1 Å². The molecule has 1 aliphatic rings. The number of rotatable bonds is 7. The van der Waals surface area contributed by atoms with Crippen LogP contribution in [0.3, 0.4) is 0 Å². The highest BCUT2D eigenvalue weighted by atomic mass is 32.1. The molecule has 0 atom stereocenters. The van der Waals surface area contributed by atoms with Crippen molar-refractivity contribution in [3.8, 4) is 11.3 Å². The number of aryl methyl sites for hydroxylation is 1. The van der Waals surface area contributed by atoms with Crippen LogP contribution in [0.4, 0.5) is 5.13 Å². The van der Waals surface area contributed by atoms with Gasteiger partial charge in [0, 0.05) is 29.8 Å². The second-order valence-corrected chi connectivity index (χ2v) is 9.29. The monoisotopic (exact) mass is 416 g/mol. The lowest BCUT2D eigenvalue weighted by atomic mass is 10.0. The lowest BCUT2D eigenvalue weighted by Crippen LogP contribution is -2.33. The van der Waals surface area contributed by atoms with Crippen molar-refractivity contribution in [1.82, 2.24) is 14.8 Å². The fourth-order valence-corrected chi connectivity index (χ4v) is 5.21. The minimum Gasteiger partial charge on any atom is -0.383 e. The van der Waals surface area contributed by atoms with Gasteiger partial charge in [0.1, 0.15) is 0 Å². The van der Waals surface area contributed by atoms with Crippen LogP contribution < -0.4 is 4.90 Å². The Balaban J connectivity index is 1.68. The number of methoxy groups -OCH3 is 1. The molecule has 3 aromatic heterocycles. The van der Waals surface area contributed by atoms with Gasteiger partial charge in [0.2, 0.25) is 0 Å². The van der Waals surface area contributed by atoms with Crippen LogP contribution in [0.25, 0.3) is 11.3 Å². The summed E-state index contributed by atoms with van der Waals surface area (Å²) in [6.45, 7) is 6.27. The van der Waals surface area contributed by atoms with E-state index in [2.05, 4.69) is 23.6 Å². The van der Waals surface area contributed by atoms with Gasteiger partial charge in [-0.25, -0.2) is 4.98 Å². The van der Waals surface area contributed by atoms with Gasteiger partial charge in [-0.2, -0.15) is 5.10 Å². The molecule has 1 amide bonds. The third kappa shape index (κ3) is 3.64. The number of thiazole rings is 1. The molecule has 1 aliphatic carbocycles. The first-order chi connectivity index (χ1) is 13.6. The summed E-state index contributed by atoms with van der Waals surface area (Å²) < 4.78 is 7.35. The zero-order valence-corrected chi connectivity index (χ0v) is 18.0. The Morgan fingerprint density at radius 2 is 2.25 bits per heavy atom. The topological polar surface area (TPSA) is 60.2 Å². The average molecular weight is 417 g/mol. The van der Waals surface area contributed by atoms with Gasteiger partial charge in [0.15, 0.2) is 5.13 Å². The number of amides is 1. The maximum absolute atomic E-state index is 13.0. The molecule has 0 saturated heterocycles. The van der Waals surface area contributed by atoms with E-state index >= 15 is 0 Å². The van der Waals surface area contributed by atoms with Gasteiger partial charge in [-0.15, -0.1) is 22.7 Å². The molecule has 28 heavy (non-hydrogen) atoms. The quantitative estimate of drug-likeness (QED) is 0.581. The third-order valence-corrected chi connectivity index (χ3v) is 6.74. The van der Waals surface area contributed by atoms with Gasteiger partial charge in [-0.05, 0) is 30.2 Å². The van der Waals surface area contributed by atoms with Crippen LogP contribution in [0.5, 0.6) is 0 Å². The third-order valence-electron chi connectivity index (χ3n) is 4.74. The SMILES string of the molecule is COCCN(C(=O)c1cccs1)c1nc2c(s1)CCc1c-2cnn1CC(C)C. The number of anilines is 1. The summed E-state index contributed by atoms with van der Waals surface area (Å²) in [6, 6.07) is 3.75. The van der Waals surface area contributed by atoms with Gasteiger partial charge < -0.3 is 4.74 Å². The van der Waals surface area contributed by atoms with Crippen LogP contribution in [0, 0.1) is 5.92 Å². The lowest BCUT2D eigenvalue weighted by molar-refractivity contribution is 0.0980. The number of aromatic nitrogens is 3. The number of hydrogen-bond donors (Lipinski definition) is 0. The predicted molar refractivity (Wildman–Crippen MR) is 113 cm³/mol. The number of nitrogens with zero attached hydrogens (tertiary/aromatic N) is 4. The summed E-state index contributed by atoms with van der Waals surface area (Å²) in [5.41, 5.74) is 3.35. The molecule has 0 bridgehead atoms. The highest BCUT2D eigenvalue weighted by molar-refractivity contribution is 7.16. The molecular formula is C20H24N4O2S2. The lowest BCUT2D eigenvalue weighted by Gasteiger charge is -2.18. The van der Waals surface area contributed by atoms with Crippen molar-refractivity contribution in [3.63, 3.8) is 0 Å². The minimum absolute atomic E-state index is 0.0196. The molecule has 148 valence electrons. The van der Waals surface area contributed by atoms with Gasteiger partial charge in [-0.3, -0.25) is 14.4 Å². The normalized spacial score (nSPS) is 12.9. The van der Waals surface area contributed by atoms with Crippen molar-refractivity contribution < 1.29 is 9.53 Å². The van der Waals surface area contributed by atoms with E-state index in [1.165, 1.54) is 21.9 Å². The molecule has 8 heteroatoms. The number of hydrogen-bond acceptors (Lipinski definition) is 6. The smallest absolute Gasteiger partial charge is 0.270 e. The van der Waals surface area contributed by atoms with E-state index in [9.17, 15) is 4.79 Å². The molecule has 0 radical (unpaired) electrons. The Labute approximate surface area is 172 Å². The van der Waals surface area contributed by atoms with Crippen LogP contribution in [0.1, 0.15) is 34.1 Å². The zero-order chi connectivity index (χ0) is 19.7. The Kier molecular flexibility index (Phi) is 5.61. The van der Waals surface area contributed by atoms with Crippen molar-refractivity contribution in [1.29, 1.82) is 0 Å². The highest BCUT2D eigenvalue weighted by Gasteiger charge is 2.28. The summed E-state index contributed by atoms with van der Waals surface area (Å²) in [5.74, 6) is 0.526. The number of thiophene rings is 1. The van der Waals surface area contributed by atoms with E-state index in [1.54, 1.807) is 23.3 Å². The van der Waals surface area contributed by atoms with Crippen LogP contribution in [0.15, 0.2) is 23.7 Å². The van der Waals surface area contributed by atoms with Crippen LogP contribution in [0.2, 0.25) is 0 Å². The summed E-state index contributed by atoms with van der Waals surface area (Å²) in [5, 5.41) is 7.26. The molecule has 6 nitrogen and oxygen atoms in total. The molecule has 0 spiro atoms. The molecule has 0 saturated carbocycles. The first-order valence-electron chi connectivity index (χ1n) is 9.47. The van der Waals surface area contributed by atoms with Crippen molar-refractivity contribution in [2.24, 2.45) is 5.92 Å². The summed E-state index contributed by atoms with van der Waals surface area (Å²) in [6.07, 6.45) is 3.84. The van der Waals surface area contributed by atoms with Gasteiger partial charge in [0.05, 0.1) is 29.9 Å². The number of fused-ring (bicyclic) bond motifs is 3. The molecule has 3 heterocycles. The van der Waals surface area contributed by atoms with Crippen LogP contribution >= 0.6 is 22.7 Å². The second-order valence-electron chi connectivity index (χ2n) is 7.28. The Bertz CT molecular complexity index is 959. The van der Waals surface area contributed by atoms with Crippen molar-refractivity contribution in [2.75, 3.05) is 25.2 Å². The number of carbonyl (C=O) groups excluding carboxylic acids is 1. The van der Waals surface area contributed by atoms with E-state index in [4.69, 9.17) is 9.72 Å². The zero-order valence-electron chi connectivity index (χ0n) is 16.3. The Morgan fingerprint density at radius 3 is 2.96 bits per heavy atom. The van der Waals surface area contributed by atoms with Crippen molar-refractivity contribution >= 4 is 33.7 Å². The maximum atomic E-state index is 13.0. The molecule has 0 fully saturated rings.